The van der Waals surface area contributed by atoms with E-state index in [1.807, 2.05) is 44.2 Å². The molecule has 0 aliphatic rings. The standard InChI is InChI=1S/C14H19NO2/c1-3-7-14(16)15-12(2)10-17-11-13-8-5-4-6-9-13/h3-9,12H,10-11H2,1-2H3,(H,15,16)/b7-3+. The van der Waals surface area contributed by atoms with Gasteiger partial charge in [-0.3, -0.25) is 4.79 Å². The Morgan fingerprint density at radius 3 is 2.76 bits per heavy atom. The molecule has 1 atom stereocenters. The Labute approximate surface area is 102 Å². The molecule has 0 aliphatic heterocycles. The van der Waals surface area contributed by atoms with Gasteiger partial charge < -0.3 is 10.1 Å². The summed E-state index contributed by atoms with van der Waals surface area (Å²) in [6.45, 7) is 4.82. The molecule has 3 heteroatoms. The molecule has 0 fully saturated rings. The van der Waals surface area contributed by atoms with Crippen LogP contribution in [0, 0.1) is 0 Å². The number of amides is 1. The van der Waals surface area contributed by atoms with E-state index in [1.54, 1.807) is 6.08 Å². The van der Waals surface area contributed by atoms with Crippen LogP contribution in [-0.4, -0.2) is 18.6 Å². The van der Waals surface area contributed by atoms with Gasteiger partial charge in [-0.15, -0.1) is 0 Å². The van der Waals surface area contributed by atoms with Gasteiger partial charge in [-0.05, 0) is 25.5 Å². The lowest BCUT2D eigenvalue weighted by Crippen LogP contribution is -2.34. The van der Waals surface area contributed by atoms with E-state index in [9.17, 15) is 4.79 Å². The Morgan fingerprint density at radius 1 is 1.41 bits per heavy atom. The summed E-state index contributed by atoms with van der Waals surface area (Å²) in [6, 6.07) is 9.99. The maximum absolute atomic E-state index is 11.2. The van der Waals surface area contributed by atoms with Crippen LogP contribution in [0.25, 0.3) is 0 Å². The third-order valence-electron chi connectivity index (χ3n) is 2.19. The normalized spacial score (nSPS) is 12.6. The number of hydrogen-bond donors (Lipinski definition) is 1. The van der Waals surface area contributed by atoms with Crippen LogP contribution >= 0.6 is 0 Å². The Hall–Kier alpha value is -1.61. The molecule has 92 valence electrons. The van der Waals surface area contributed by atoms with E-state index >= 15 is 0 Å². The second-order valence-electron chi connectivity index (χ2n) is 3.91. The number of nitrogens with one attached hydrogen (secondary N) is 1. The lowest BCUT2D eigenvalue weighted by molar-refractivity contribution is -0.117. The van der Waals surface area contributed by atoms with E-state index in [2.05, 4.69) is 5.32 Å². The Bertz CT molecular complexity index is 360. The van der Waals surface area contributed by atoms with Crippen molar-refractivity contribution in [3.05, 3.63) is 48.0 Å². The lowest BCUT2D eigenvalue weighted by atomic mass is 10.2. The number of ether oxygens (including phenoxy) is 1. The predicted molar refractivity (Wildman–Crippen MR) is 68.5 cm³/mol. The molecule has 0 saturated heterocycles. The van der Waals surface area contributed by atoms with Gasteiger partial charge in [-0.1, -0.05) is 36.4 Å². The van der Waals surface area contributed by atoms with Gasteiger partial charge in [0.2, 0.25) is 5.91 Å². The van der Waals surface area contributed by atoms with E-state index < -0.39 is 0 Å². The lowest BCUT2D eigenvalue weighted by Gasteiger charge is -2.12. The summed E-state index contributed by atoms with van der Waals surface area (Å²) in [4.78, 5) is 11.2. The molecule has 0 aliphatic carbocycles. The third-order valence-corrected chi connectivity index (χ3v) is 2.19. The van der Waals surface area contributed by atoms with Gasteiger partial charge in [0.15, 0.2) is 0 Å². The molecule has 0 bridgehead atoms. The first-order valence-corrected chi connectivity index (χ1v) is 5.77. The molecule has 1 N–H and O–H groups in total. The van der Waals surface area contributed by atoms with E-state index in [1.165, 1.54) is 6.08 Å². The molecule has 0 spiro atoms. The van der Waals surface area contributed by atoms with Crippen molar-refractivity contribution in [1.82, 2.24) is 5.32 Å². The Kier molecular flexibility index (Phi) is 6.04. The summed E-state index contributed by atoms with van der Waals surface area (Å²) in [7, 11) is 0. The van der Waals surface area contributed by atoms with Crippen molar-refractivity contribution in [2.75, 3.05) is 6.61 Å². The number of allylic oxidation sites excluding steroid dienone is 1. The van der Waals surface area contributed by atoms with E-state index in [0.29, 0.717) is 13.2 Å². The van der Waals surface area contributed by atoms with Crippen LogP contribution in [0.1, 0.15) is 19.4 Å². The molecule has 0 saturated carbocycles. The number of rotatable bonds is 6. The van der Waals surface area contributed by atoms with Crippen LogP contribution in [-0.2, 0) is 16.1 Å². The summed E-state index contributed by atoms with van der Waals surface area (Å²) < 4.78 is 5.52. The first-order chi connectivity index (χ1) is 8.22. The fourth-order valence-electron chi connectivity index (χ4n) is 1.41. The monoisotopic (exact) mass is 233 g/mol. The number of benzene rings is 1. The maximum atomic E-state index is 11.2. The second kappa shape index (κ2) is 7.63. The van der Waals surface area contributed by atoms with Gasteiger partial charge in [0.25, 0.3) is 0 Å². The molecule has 0 radical (unpaired) electrons. The molecule has 3 nitrogen and oxygen atoms in total. The molecule has 0 heterocycles. The zero-order valence-electron chi connectivity index (χ0n) is 10.3. The molecular weight excluding hydrogens is 214 g/mol. The van der Waals surface area contributed by atoms with Crippen molar-refractivity contribution in [2.45, 2.75) is 26.5 Å². The highest BCUT2D eigenvalue weighted by atomic mass is 16.5. The van der Waals surface area contributed by atoms with Crippen molar-refractivity contribution in [2.24, 2.45) is 0 Å². The molecule has 0 aromatic heterocycles. The van der Waals surface area contributed by atoms with Gasteiger partial charge in [-0.2, -0.15) is 0 Å². The predicted octanol–water partition coefficient (Wildman–Crippen LogP) is 2.28. The van der Waals surface area contributed by atoms with Gasteiger partial charge in [0, 0.05) is 6.04 Å². The van der Waals surface area contributed by atoms with E-state index in [-0.39, 0.29) is 11.9 Å². The molecule has 1 rings (SSSR count). The van der Waals surface area contributed by atoms with Crippen LogP contribution < -0.4 is 5.32 Å². The summed E-state index contributed by atoms with van der Waals surface area (Å²) in [6.07, 6.45) is 3.22. The van der Waals surface area contributed by atoms with Crippen molar-refractivity contribution >= 4 is 5.91 Å². The van der Waals surface area contributed by atoms with Crippen molar-refractivity contribution in [3.8, 4) is 0 Å². The molecule has 17 heavy (non-hydrogen) atoms. The Balaban J connectivity index is 2.20. The minimum absolute atomic E-state index is 0.0161. The summed E-state index contributed by atoms with van der Waals surface area (Å²) in [5.74, 6) is -0.0803. The quantitative estimate of drug-likeness (QED) is 0.765. The SMILES string of the molecule is C/C=C/C(=O)NC(C)COCc1ccccc1. The van der Waals surface area contributed by atoms with Crippen LogP contribution in [0.2, 0.25) is 0 Å². The van der Waals surface area contributed by atoms with Gasteiger partial charge in [0.05, 0.1) is 13.2 Å². The van der Waals surface area contributed by atoms with Crippen LogP contribution in [0.3, 0.4) is 0 Å². The van der Waals surface area contributed by atoms with Gasteiger partial charge in [0.1, 0.15) is 0 Å². The number of carbonyl (C=O) groups is 1. The summed E-state index contributed by atoms with van der Waals surface area (Å²) in [5, 5.41) is 2.82. The minimum Gasteiger partial charge on any atom is -0.375 e. The second-order valence-corrected chi connectivity index (χ2v) is 3.91. The largest absolute Gasteiger partial charge is 0.375 e. The number of carbonyl (C=O) groups excluding carboxylic acids is 1. The smallest absolute Gasteiger partial charge is 0.243 e. The third kappa shape index (κ3) is 5.88. The summed E-state index contributed by atoms with van der Waals surface area (Å²) in [5.41, 5.74) is 1.14. The molecule has 1 aromatic carbocycles. The topological polar surface area (TPSA) is 38.3 Å². The van der Waals surface area contributed by atoms with E-state index in [0.717, 1.165) is 5.56 Å². The molecule has 1 aromatic rings. The average molecular weight is 233 g/mol. The molecule has 1 amide bonds. The van der Waals surface area contributed by atoms with Crippen molar-refractivity contribution in [3.63, 3.8) is 0 Å². The van der Waals surface area contributed by atoms with Gasteiger partial charge >= 0.3 is 0 Å². The molecule has 1 unspecified atom stereocenters. The summed E-state index contributed by atoms with van der Waals surface area (Å²) >= 11 is 0. The maximum Gasteiger partial charge on any atom is 0.243 e. The highest BCUT2D eigenvalue weighted by molar-refractivity contribution is 5.87. The average Bonchev–Trinajstić information content (AvgIpc) is 2.30. The highest BCUT2D eigenvalue weighted by Crippen LogP contribution is 2.00. The van der Waals surface area contributed by atoms with Crippen LogP contribution in [0.15, 0.2) is 42.5 Å². The van der Waals surface area contributed by atoms with Gasteiger partial charge in [-0.25, -0.2) is 0 Å². The fraction of sp³-hybridized carbons (Fsp3) is 0.357. The fourth-order valence-corrected chi connectivity index (χ4v) is 1.41. The number of hydrogen-bond acceptors (Lipinski definition) is 2. The van der Waals surface area contributed by atoms with Crippen molar-refractivity contribution in [1.29, 1.82) is 0 Å². The minimum atomic E-state index is -0.0803. The van der Waals surface area contributed by atoms with Crippen LogP contribution in [0.5, 0.6) is 0 Å². The zero-order valence-corrected chi connectivity index (χ0v) is 10.3. The van der Waals surface area contributed by atoms with E-state index in [4.69, 9.17) is 4.74 Å². The first kappa shape index (κ1) is 13.5. The Morgan fingerprint density at radius 2 is 2.12 bits per heavy atom. The first-order valence-electron chi connectivity index (χ1n) is 5.77. The molecular formula is C14H19NO2. The van der Waals surface area contributed by atoms with Crippen molar-refractivity contribution < 1.29 is 9.53 Å². The highest BCUT2D eigenvalue weighted by Gasteiger charge is 2.04. The van der Waals surface area contributed by atoms with Crippen LogP contribution in [0.4, 0.5) is 0 Å². The zero-order chi connectivity index (χ0) is 12.5.